The minimum atomic E-state index is -1.76. The van der Waals surface area contributed by atoms with E-state index in [1.54, 1.807) is 6.92 Å². The van der Waals surface area contributed by atoms with Gasteiger partial charge in [-0.2, -0.15) is 0 Å². The minimum Gasteiger partial charge on any atom is -0.462 e. The zero-order valence-electron chi connectivity index (χ0n) is 28.2. The van der Waals surface area contributed by atoms with E-state index in [0.29, 0.717) is 53.6 Å². The normalized spacial score (nSPS) is 39.1. The summed E-state index contributed by atoms with van der Waals surface area (Å²) in [5.41, 5.74) is 0.479. The molecule has 4 aliphatic carbocycles. The van der Waals surface area contributed by atoms with Crippen molar-refractivity contribution in [2.24, 2.45) is 52.3 Å². The van der Waals surface area contributed by atoms with Crippen LogP contribution in [0.5, 0.6) is 0 Å². The highest BCUT2D eigenvalue weighted by atomic mass is 28.4. The van der Waals surface area contributed by atoms with Gasteiger partial charge in [0.2, 0.25) is 0 Å². The summed E-state index contributed by atoms with van der Waals surface area (Å²) in [7, 11) is -1.76. The van der Waals surface area contributed by atoms with Crippen molar-refractivity contribution in [2.45, 2.75) is 144 Å². The molecule has 10 atom stereocenters. The number of fused-ring (bicyclic) bond motifs is 5. The number of allylic oxidation sites excluding steroid dienone is 1. The Labute approximate surface area is 253 Å². The van der Waals surface area contributed by atoms with Crippen molar-refractivity contribution in [1.82, 2.24) is 0 Å². The molecule has 4 saturated carbocycles. The second-order valence-electron chi connectivity index (χ2n) is 16.7. The summed E-state index contributed by atoms with van der Waals surface area (Å²) in [6.07, 6.45) is 15.7. The van der Waals surface area contributed by atoms with Gasteiger partial charge in [0.15, 0.2) is 8.32 Å². The van der Waals surface area contributed by atoms with Crippen molar-refractivity contribution >= 4 is 20.1 Å². The predicted molar refractivity (Wildman–Crippen MR) is 171 cm³/mol. The predicted octanol–water partition coefficient (Wildman–Crippen LogP) is 9.39. The van der Waals surface area contributed by atoms with E-state index in [1.807, 2.05) is 0 Å². The number of Topliss-reactive ketones (excluding diaryl/α,β-unsaturated/α-hetero) is 1. The maximum absolute atomic E-state index is 12.5. The number of hydrogen-bond donors (Lipinski definition) is 0. The molecule has 0 aromatic carbocycles. The van der Waals surface area contributed by atoms with Crippen molar-refractivity contribution in [1.29, 1.82) is 0 Å². The summed E-state index contributed by atoms with van der Waals surface area (Å²) in [5.74, 6) is 3.86. The van der Waals surface area contributed by atoms with E-state index in [4.69, 9.17) is 9.16 Å². The molecule has 234 valence electrons. The number of ketones is 1. The molecule has 4 nitrogen and oxygen atoms in total. The Balaban J connectivity index is 1.51. The summed E-state index contributed by atoms with van der Waals surface area (Å²) in [5, 5.41) is 0.236. The Kier molecular flexibility index (Phi) is 9.82. The van der Waals surface area contributed by atoms with Crippen LogP contribution in [-0.4, -0.2) is 32.8 Å². The lowest BCUT2D eigenvalue weighted by atomic mass is 9.43. The van der Waals surface area contributed by atoms with Gasteiger partial charge < -0.3 is 9.16 Å². The van der Waals surface area contributed by atoms with E-state index in [-0.39, 0.29) is 27.9 Å². The third-order valence-electron chi connectivity index (χ3n) is 13.3. The van der Waals surface area contributed by atoms with Crippen LogP contribution in [0, 0.1) is 52.3 Å². The lowest BCUT2D eigenvalue weighted by Gasteiger charge is -2.62. The SMILES string of the molecule is CCC[C@H](/C=C/[C@@H](C)[C@H]1CCC2C3C(CC[C@@]21C)[C@@]1(C)CCC(=O)C[C@@H]1C[C@H]3OC(C)=O)CO[Si](C)(C)C(C)(C)C. The van der Waals surface area contributed by atoms with Crippen LogP contribution in [0.4, 0.5) is 0 Å². The third-order valence-corrected chi connectivity index (χ3v) is 17.8. The van der Waals surface area contributed by atoms with Gasteiger partial charge >= 0.3 is 5.97 Å². The quantitative estimate of drug-likeness (QED) is 0.153. The zero-order valence-corrected chi connectivity index (χ0v) is 29.2. The van der Waals surface area contributed by atoms with E-state index in [1.165, 1.54) is 38.5 Å². The molecule has 4 aliphatic rings. The standard InChI is InChI=1S/C36H62O4Si/c1-11-12-26(23-39-41(9,10)34(4,5)6)14-13-24(2)29-15-16-30-33-31(18-20-36(29,30)8)35(7)19-17-28(38)21-27(35)22-32(33)40-25(3)37/h13-14,24,26-27,29-33H,11-12,15-23H2,1-10H3/b14-13+/t24-,26-,27-,29-,30?,31?,32-,33?,35+,36-/m1/s1. The first-order valence-corrected chi connectivity index (χ1v) is 20.0. The van der Waals surface area contributed by atoms with E-state index in [9.17, 15) is 9.59 Å². The molecule has 0 aromatic rings. The van der Waals surface area contributed by atoms with Crippen molar-refractivity contribution in [2.75, 3.05) is 6.61 Å². The van der Waals surface area contributed by atoms with E-state index >= 15 is 0 Å². The third kappa shape index (κ3) is 6.47. The molecule has 3 unspecified atom stereocenters. The molecule has 4 fully saturated rings. The number of carbonyl (C=O) groups excluding carboxylic acids is 2. The summed E-state index contributed by atoms with van der Waals surface area (Å²) < 4.78 is 12.8. The highest BCUT2D eigenvalue weighted by Crippen LogP contribution is 2.68. The molecular weight excluding hydrogens is 524 g/mol. The largest absolute Gasteiger partial charge is 0.462 e. The van der Waals surface area contributed by atoms with Gasteiger partial charge in [-0.3, -0.25) is 9.59 Å². The van der Waals surface area contributed by atoms with Gasteiger partial charge in [0, 0.05) is 32.3 Å². The fourth-order valence-corrected chi connectivity index (χ4v) is 10.9. The van der Waals surface area contributed by atoms with Gasteiger partial charge in [0.05, 0.1) is 0 Å². The van der Waals surface area contributed by atoms with Gasteiger partial charge in [-0.05, 0) is 109 Å². The molecule has 0 heterocycles. The first kappa shape index (κ1) is 33.0. The summed E-state index contributed by atoms with van der Waals surface area (Å²) >= 11 is 0. The first-order chi connectivity index (χ1) is 19.0. The van der Waals surface area contributed by atoms with Crippen LogP contribution in [-0.2, 0) is 18.8 Å². The van der Waals surface area contributed by atoms with Crippen molar-refractivity contribution in [3.63, 3.8) is 0 Å². The molecular formula is C36H62O4Si. The van der Waals surface area contributed by atoms with E-state index < -0.39 is 8.32 Å². The summed E-state index contributed by atoms with van der Waals surface area (Å²) in [6.45, 7) is 23.9. The molecule has 0 aromatic heterocycles. The van der Waals surface area contributed by atoms with Gasteiger partial charge in [0.1, 0.15) is 11.9 Å². The zero-order chi connectivity index (χ0) is 30.4. The second-order valence-corrected chi connectivity index (χ2v) is 21.5. The molecule has 5 heteroatoms. The molecule has 0 spiro atoms. The van der Waals surface area contributed by atoms with Crippen LogP contribution in [0.3, 0.4) is 0 Å². The molecule has 4 rings (SSSR count). The highest BCUT2D eigenvalue weighted by molar-refractivity contribution is 6.74. The Morgan fingerprint density at radius 3 is 2.39 bits per heavy atom. The molecule has 0 amide bonds. The van der Waals surface area contributed by atoms with Gasteiger partial charge in [-0.25, -0.2) is 0 Å². The molecule has 0 bridgehead atoms. The van der Waals surface area contributed by atoms with Crippen LogP contribution in [0.1, 0.15) is 120 Å². The topological polar surface area (TPSA) is 52.6 Å². The van der Waals surface area contributed by atoms with Gasteiger partial charge in [0.25, 0.3) is 0 Å². The van der Waals surface area contributed by atoms with Gasteiger partial charge in [-0.1, -0.05) is 67.0 Å². The highest BCUT2D eigenvalue weighted by Gasteiger charge is 2.63. The van der Waals surface area contributed by atoms with Crippen molar-refractivity contribution in [3.8, 4) is 0 Å². The van der Waals surface area contributed by atoms with Crippen molar-refractivity contribution < 1.29 is 18.8 Å². The number of hydrogen-bond acceptors (Lipinski definition) is 4. The maximum atomic E-state index is 12.5. The Hall–Kier alpha value is -0.943. The number of rotatable bonds is 9. The van der Waals surface area contributed by atoms with Crippen LogP contribution in [0.15, 0.2) is 12.2 Å². The fourth-order valence-electron chi connectivity index (χ4n) is 9.83. The molecule has 41 heavy (non-hydrogen) atoms. The maximum Gasteiger partial charge on any atom is 0.302 e. The summed E-state index contributed by atoms with van der Waals surface area (Å²) in [6, 6.07) is 0. The van der Waals surface area contributed by atoms with E-state index in [2.05, 4.69) is 73.7 Å². The Morgan fingerprint density at radius 2 is 1.76 bits per heavy atom. The average Bonchev–Trinajstić information content (AvgIpc) is 3.22. The summed E-state index contributed by atoms with van der Waals surface area (Å²) in [4.78, 5) is 24.8. The lowest BCUT2D eigenvalue weighted by Crippen LogP contribution is -2.59. The average molecular weight is 587 g/mol. The molecule has 0 N–H and O–H groups in total. The number of esters is 1. The Bertz CT molecular complexity index is 981. The second kappa shape index (κ2) is 12.2. The first-order valence-electron chi connectivity index (χ1n) is 17.0. The lowest BCUT2D eigenvalue weighted by molar-refractivity contribution is -0.189. The Morgan fingerprint density at radius 1 is 1.07 bits per heavy atom. The number of carbonyl (C=O) groups is 2. The van der Waals surface area contributed by atoms with Crippen LogP contribution < -0.4 is 0 Å². The smallest absolute Gasteiger partial charge is 0.302 e. The molecule has 0 saturated heterocycles. The molecule has 0 aliphatic heterocycles. The van der Waals surface area contributed by atoms with E-state index in [0.717, 1.165) is 25.9 Å². The minimum absolute atomic E-state index is 0.0304. The monoisotopic (exact) mass is 586 g/mol. The van der Waals surface area contributed by atoms with Crippen LogP contribution in [0.2, 0.25) is 18.1 Å². The van der Waals surface area contributed by atoms with Crippen LogP contribution >= 0.6 is 0 Å². The van der Waals surface area contributed by atoms with Crippen molar-refractivity contribution in [3.05, 3.63) is 12.2 Å². The fraction of sp³-hybridized carbons (Fsp3) is 0.889. The number of ether oxygens (including phenoxy) is 1. The van der Waals surface area contributed by atoms with Crippen LogP contribution in [0.25, 0.3) is 0 Å². The molecule has 0 radical (unpaired) electrons. The van der Waals surface area contributed by atoms with Gasteiger partial charge in [-0.15, -0.1) is 0 Å².